The van der Waals surface area contributed by atoms with Gasteiger partial charge in [-0.05, 0) is 36.4 Å². The van der Waals surface area contributed by atoms with Gasteiger partial charge in [-0.15, -0.1) is 0 Å². The zero-order valence-electron chi connectivity index (χ0n) is 14.1. The molecule has 6 nitrogen and oxygen atoms in total. The van der Waals surface area contributed by atoms with Crippen LogP contribution in [-0.4, -0.2) is 33.7 Å². The molecule has 1 heterocycles. The van der Waals surface area contributed by atoms with Crippen molar-refractivity contribution >= 4 is 33.4 Å². The Labute approximate surface area is 163 Å². The van der Waals surface area contributed by atoms with E-state index in [0.717, 1.165) is 18.2 Å². The number of hydrogen-bond acceptors (Lipinski definition) is 4. The lowest BCUT2D eigenvalue weighted by molar-refractivity contribution is -0.137. The summed E-state index contributed by atoms with van der Waals surface area (Å²) in [5, 5.41) is 0.416. The maximum atomic E-state index is 12.8. The smallest absolute Gasteiger partial charge is 0.416 e. The third-order valence-corrected chi connectivity index (χ3v) is 5.62. The van der Waals surface area contributed by atoms with Gasteiger partial charge in [0.15, 0.2) is 0 Å². The zero-order chi connectivity index (χ0) is 20.5. The lowest BCUT2D eigenvalue weighted by Gasteiger charge is -2.14. The summed E-state index contributed by atoms with van der Waals surface area (Å²) in [5.41, 5.74) is -0.587. The first-order valence-electron chi connectivity index (χ1n) is 7.97. The van der Waals surface area contributed by atoms with Gasteiger partial charge in [0.1, 0.15) is 6.10 Å². The maximum absolute atomic E-state index is 12.8. The van der Waals surface area contributed by atoms with Crippen molar-refractivity contribution in [3.05, 3.63) is 59.1 Å². The van der Waals surface area contributed by atoms with Crippen molar-refractivity contribution in [2.45, 2.75) is 17.2 Å². The summed E-state index contributed by atoms with van der Waals surface area (Å²) in [6.07, 6.45) is -6.15. The first kappa shape index (κ1) is 20.4. The maximum Gasteiger partial charge on any atom is 0.416 e. The van der Waals surface area contributed by atoms with E-state index in [1.807, 2.05) is 0 Å². The van der Waals surface area contributed by atoms with Gasteiger partial charge in [-0.3, -0.25) is 4.90 Å². The van der Waals surface area contributed by atoms with Gasteiger partial charge in [-0.2, -0.15) is 13.2 Å². The number of alkyl halides is 3. The van der Waals surface area contributed by atoms with Crippen LogP contribution in [-0.2, 0) is 20.9 Å². The van der Waals surface area contributed by atoms with E-state index in [1.54, 1.807) is 24.3 Å². The Kier molecular flexibility index (Phi) is 5.55. The number of anilines is 1. The fourth-order valence-electron chi connectivity index (χ4n) is 2.61. The Bertz CT molecular complexity index is 998. The number of carbonyl (C=O) groups excluding carboxylic acids is 1. The topological polar surface area (TPSA) is 75.7 Å². The Morgan fingerprint density at radius 2 is 1.89 bits per heavy atom. The Morgan fingerprint density at radius 3 is 2.57 bits per heavy atom. The monoisotopic (exact) mass is 434 g/mol. The molecular formula is C17H14ClF3N2O4S. The van der Waals surface area contributed by atoms with Crippen LogP contribution >= 0.6 is 11.6 Å². The van der Waals surface area contributed by atoms with Gasteiger partial charge >= 0.3 is 12.3 Å². The molecule has 0 aromatic heterocycles. The van der Waals surface area contributed by atoms with Crippen molar-refractivity contribution in [1.82, 2.24) is 4.72 Å². The van der Waals surface area contributed by atoms with E-state index in [2.05, 4.69) is 4.72 Å². The molecule has 0 aliphatic carbocycles. The van der Waals surface area contributed by atoms with Gasteiger partial charge in [0.25, 0.3) is 0 Å². The predicted octanol–water partition coefficient (Wildman–Crippen LogP) is 3.66. The molecule has 1 fully saturated rings. The van der Waals surface area contributed by atoms with Crippen LogP contribution in [0.1, 0.15) is 5.56 Å². The number of ether oxygens (including phenoxy) is 1. The fraction of sp³-hybridized carbons (Fsp3) is 0.235. The number of cyclic esters (lactones) is 1. The summed E-state index contributed by atoms with van der Waals surface area (Å²) in [7, 11) is -4.22. The normalized spacial score (nSPS) is 17.6. The molecule has 0 spiro atoms. The van der Waals surface area contributed by atoms with Crippen LogP contribution in [0.15, 0.2) is 53.4 Å². The molecule has 1 aliphatic heterocycles. The minimum absolute atomic E-state index is 0.0598. The highest BCUT2D eigenvalue weighted by molar-refractivity contribution is 7.89. The number of halogens is 4. The number of benzene rings is 2. The van der Waals surface area contributed by atoms with Crippen molar-refractivity contribution in [2.75, 3.05) is 18.0 Å². The van der Waals surface area contributed by atoms with Gasteiger partial charge in [0, 0.05) is 17.3 Å². The van der Waals surface area contributed by atoms with Crippen LogP contribution in [0.25, 0.3) is 0 Å². The predicted molar refractivity (Wildman–Crippen MR) is 95.7 cm³/mol. The fourth-order valence-corrected chi connectivity index (χ4v) is 3.90. The molecule has 0 radical (unpaired) electrons. The van der Waals surface area contributed by atoms with E-state index in [1.165, 1.54) is 4.90 Å². The van der Waals surface area contributed by atoms with Gasteiger partial charge in [-0.25, -0.2) is 17.9 Å². The summed E-state index contributed by atoms with van der Waals surface area (Å²) in [4.78, 5) is 12.8. The van der Waals surface area contributed by atoms with Crippen LogP contribution in [0, 0.1) is 0 Å². The van der Waals surface area contributed by atoms with E-state index in [9.17, 15) is 26.4 Å². The van der Waals surface area contributed by atoms with Gasteiger partial charge < -0.3 is 4.74 Å². The first-order valence-corrected chi connectivity index (χ1v) is 9.83. The van der Waals surface area contributed by atoms with Crippen LogP contribution < -0.4 is 9.62 Å². The van der Waals surface area contributed by atoms with Crippen molar-refractivity contribution in [2.24, 2.45) is 0 Å². The summed E-state index contributed by atoms with van der Waals surface area (Å²) in [6.45, 7) is -0.230. The van der Waals surface area contributed by atoms with E-state index < -0.39 is 38.9 Å². The third kappa shape index (κ3) is 4.57. The lowest BCUT2D eigenvalue weighted by atomic mass is 10.2. The Hall–Kier alpha value is -2.30. The summed E-state index contributed by atoms with van der Waals surface area (Å²) in [5.74, 6) is 0. The van der Waals surface area contributed by atoms with Gasteiger partial charge in [-0.1, -0.05) is 23.7 Å². The van der Waals surface area contributed by atoms with Crippen molar-refractivity contribution in [3.8, 4) is 0 Å². The average molecular weight is 435 g/mol. The molecular weight excluding hydrogens is 421 g/mol. The van der Waals surface area contributed by atoms with Crippen molar-refractivity contribution in [3.63, 3.8) is 0 Å². The van der Waals surface area contributed by atoms with Crippen molar-refractivity contribution in [1.29, 1.82) is 0 Å². The second-order valence-electron chi connectivity index (χ2n) is 5.97. The molecule has 1 N–H and O–H groups in total. The summed E-state index contributed by atoms with van der Waals surface area (Å²) in [6, 6.07) is 9.86. The molecule has 1 aliphatic rings. The molecule has 28 heavy (non-hydrogen) atoms. The number of sulfonamides is 1. The average Bonchev–Trinajstić information content (AvgIpc) is 3.00. The van der Waals surface area contributed by atoms with Gasteiger partial charge in [0.2, 0.25) is 10.0 Å². The third-order valence-electron chi connectivity index (χ3n) is 3.97. The second-order valence-corrected chi connectivity index (χ2v) is 8.18. The minimum Gasteiger partial charge on any atom is -0.443 e. The number of nitrogens with one attached hydrogen (secondary N) is 1. The Balaban J connectivity index is 1.68. The van der Waals surface area contributed by atoms with Crippen LogP contribution in [0.5, 0.6) is 0 Å². The molecule has 0 bridgehead atoms. The van der Waals surface area contributed by atoms with Gasteiger partial charge in [0.05, 0.1) is 17.0 Å². The lowest BCUT2D eigenvalue weighted by Crippen LogP contribution is -2.34. The number of amides is 1. The molecule has 0 unspecified atom stereocenters. The Morgan fingerprint density at radius 1 is 1.18 bits per heavy atom. The second kappa shape index (κ2) is 7.61. The number of nitrogens with zero attached hydrogens (tertiary/aromatic N) is 1. The largest absolute Gasteiger partial charge is 0.443 e. The summed E-state index contributed by atoms with van der Waals surface area (Å²) >= 11 is 5.89. The van der Waals surface area contributed by atoms with Crippen molar-refractivity contribution < 1.29 is 31.1 Å². The first-order chi connectivity index (χ1) is 13.1. The van der Waals surface area contributed by atoms with E-state index in [0.29, 0.717) is 16.8 Å². The zero-order valence-corrected chi connectivity index (χ0v) is 15.7. The number of hydrogen-bond donors (Lipinski definition) is 1. The van der Waals surface area contributed by atoms with Crippen LogP contribution in [0.4, 0.5) is 23.7 Å². The molecule has 1 amide bonds. The molecule has 1 atom stereocenters. The summed E-state index contributed by atoms with van der Waals surface area (Å²) < 4.78 is 70.2. The number of rotatable bonds is 5. The van der Waals surface area contributed by atoms with E-state index in [4.69, 9.17) is 16.3 Å². The molecule has 2 aromatic carbocycles. The van der Waals surface area contributed by atoms with E-state index in [-0.39, 0.29) is 13.1 Å². The molecule has 11 heteroatoms. The molecule has 150 valence electrons. The SMILES string of the molecule is O=C1O[C@@H](CNS(=O)(=O)c2cccc(C(F)(F)F)c2)CN1c1cccc(Cl)c1. The highest BCUT2D eigenvalue weighted by Crippen LogP contribution is 2.30. The minimum atomic E-state index is -4.66. The quantitative estimate of drug-likeness (QED) is 0.779. The highest BCUT2D eigenvalue weighted by atomic mass is 35.5. The van der Waals surface area contributed by atoms with E-state index >= 15 is 0 Å². The van der Waals surface area contributed by atoms with Crippen LogP contribution in [0.3, 0.4) is 0 Å². The van der Waals surface area contributed by atoms with Crippen LogP contribution in [0.2, 0.25) is 5.02 Å². The molecule has 2 aromatic rings. The highest BCUT2D eigenvalue weighted by Gasteiger charge is 2.34. The number of carbonyl (C=O) groups is 1. The molecule has 3 rings (SSSR count). The molecule has 1 saturated heterocycles. The molecule has 0 saturated carbocycles. The standard InChI is InChI=1S/C17H14ClF3N2O4S/c18-12-4-2-5-13(8-12)23-10-14(27-16(23)24)9-22-28(25,26)15-6-1-3-11(7-15)17(19,20)21/h1-8,14,22H,9-10H2/t14-/m0/s1.